The van der Waals surface area contributed by atoms with E-state index in [4.69, 9.17) is 5.73 Å². The standard InChI is InChI=1S/C9H12N2O2.ClH/c1-2-9(10)7-3-5-8(6-4-7)11(12)13;/h3-6,9H,2,10H2,1H3;1H/t9-;/m1./s1. The molecule has 1 rings (SSSR count). The predicted octanol–water partition coefficient (Wildman–Crippen LogP) is 2.43. The van der Waals surface area contributed by atoms with E-state index in [1.54, 1.807) is 12.1 Å². The molecule has 0 aliphatic heterocycles. The van der Waals surface area contributed by atoms with Gasteiger partial charge in [-0.2, -0.15) is 0 Å². The highest BCUT2D eigenvalue weighted by Gasteiger charge is 2.06. The lowest BCUT2D eigenvalue weighted by atomic mass is 10.1. The summed E-state index contributed by atoms with van der Waals surface area (Å²) in [6.45, 7) is 1.98. The molecule has 1 atom stereocenters. The molecule has 0 amide bonds. The Morgan fingerprint density at radius 3 is 2.29 bits per heavy atom. The molecule has 14 heavy (non-hydrogen) atoms. The van der Waals surface area contributed by atoms with Crippen molar-refractivity contribution in [3.8, 4) is 0 Å². The van der Waals surface area contributed by atoms with Crippen molar-refractivity contribution in [2.75, 3.05) is 0 Å². The van der Waals surface area contributed by atoms with Crippen LogP contribution in [0, 0.1) is 10.1 Å². The van der Waals surface area contributed by atoms with Crippen LogP contribution in [0.5, 0.6) is 0 Å². The van der Waals surface area contributed by atoms with Gasteiger partial charge in [0.1, 0.15) is 0 Å². The number of nitrogens with zero attached hydrogens (tertiary/aromatic N) is 1. The number of benzene rings is 1. The SMILES string of the molecule is CC[C@@H](N)c1ccc([N+](=O)[O-])cc1.Cl. The van der Waals surface area contributed by atoms with Crippen LogP contribution in [-0.2, 0) is 0 Å². The van der Waals surface area contributed by atoms with Crippen molar-refractivity contribution < 1.29 is 4.92 Å². The zero-order valence-corrected chi connectivity index (χ0v) is 8.66. The molecule has 0 bridgehead atoms. The summed E-state index contributed by atoms with van der Waals surface area (Å²) in [5.41, 5.74) is 6.79. The van der Waals surface area contributed by atoms with Gasteiger partial charge in [0.15, 0.2) is 0 Å². The third-order valence-electron chi connectivity index (χ3n) is 1.97. The van der Waals surface area contributed by atoms with Gasteiger partial charge >= 0.3 is 0 Å². The summed E-state index contributed by atoms with van der Waals surface area (Å²) in [5.74, 6) is 0. The van der Waals surface area contributed by atoms with Crippen molar-refractivity contribution in [2.24, 2.45) is 5.73 Å². The second-order valence-corrected chi connectivity index (χ2v) is 2.86. The maximum atomic E-state index is 10.3. The number of halogens is 1. The van der Waals surface area contributed by atoms with Crippen LogP contribution in [0.1, 0.15) is 24.9 Å². The first-order valence-corrected chi connectivity index (χ1v) is 4.15. The van der Waals surface area contributed by atoms with Gasteiger partial charge in [-0.1, -0.05) is 19.1 Å². The second-order valence-electron chi connectivity index (χ2n) is 2.86. The van der Waals surface area contributed by atoms with E-state index in [0.29, 0.717) is 0 Å². The fourth-order valence-corrected chi connectivity index (χ4v) is 1.08. The molecule has 0 saturated heterocycles. The molecule has 1 aromatic rings. The van der Waals surface area contributed by atoms with Crippen LogP contribution < -0.4 is 5.73 Å². The van der Waals surface area contributed by atoms with Gasteiger partial charge < -0.3 is 5.73 Å². The molecule has 4 nitrogen and oxygen atoms in total. The summed E-state index contributed by atoms with van der Waals surface area (Å²) in [5, 5.41) is 10.3. The first-order valence-electron chi connectivity index (χ1n) is 4.15. The molecule has 0 spiro atoms. The summed E-state index contributed by atoms with van der Waals surface area (Å²) >= 11 is 0. The molecule has 1 aromatic carbocycles. The van der Waals surface area contributed by atoms with E-state index in [9.17, 15) is 10.1 Å². The van der Waals surface area contributed by atoms with Gasteiger partial charge in [0, 0.05) is 18.2 Å². The van der Waals surface area contributed by atoms with Crippen LogP contribution in [-0.4, -0.2) is 4.92 Å². The minimum absolute atomic E-state index is 0. The summed E-state index contributed by atoms with van der Waals surface area (Å²) in [6.07, 6.45) is 0.831. The van der Waals surface area contributed by atoms with Crippen molar-refractivity contribution in [3.63, 3.8) is 0 Å². The van der Waals surface area contributed by atoms with Crippen molar-refractivity contribution in [1.29, 1.82) is 0 Å². The molecule has 0 aliphatic rings. The Labute approximate surface area is 88.7 Å². The van der Waals surface area contributed by atoms with Crippen LogP contribution >= 0.6 is 12.4 Å². The maximum Gasteiger partial charge on any atom is 0.269 e. The Kier molecular flexibility index (Phi) is 5.12. The molecule has 0 aliphatic carbocycles. The summed E-state index contributed by atoms with van der Waals surface area (Å²) in [6, 6.07) is 6.33. The molecular formula is C9H13ClN2O2. The third-order valence-corrected chi connectivity index (χ3v) is 1.97. The van der Waals surface area contributed by atoms with E-state index >= 15 is 0 Å². The van der Waals surface area contributed by atoms with Crippen LogP contribution in [0.15, 0.2) is 24.3 Å². The first kappa shape index (κ1) is 12.9. The van der Waals surface area contributed by atoms with Gasteiger partial charge in [0.2, 0.25) is 0 Å². The molecule has 5 heteroatoms. The number of non-ortho nitro benzene ring substituents is 1. The summed E-state index contributed by atoms with van der Waals surface area (Å²) in [4.78, 5) is 9.91. The highest BCUT2D eigenvalue weighted by Crippen LogP contribution is 2.17. The fraction of sp³-hybridized carbons (Fsp3) is 0.333. The largest absolute Gasteiger partial charge is 0.324 e. The highest BCUT2D eigenvalue weighted by atomic mass is 35.5. The minimum Gasteiger partial charge on any atom is -0.324 e. The smallest absolute Gasteiger partial charge is 0.269 e. The zero-order valence-electron chi connectivity index (χ0n) is 7.84. The lowest BCUT2D eigenvalue weighted by molar-refractivity contribution is -0.384. The van der Waals surface area contributed by atoms with E-state index in [-0.39, 0.29) is 24.1 Å². The van der Waals surface area contributed by atoms with Gasteiger partial charge in [-0.15, -0.1) is 12.4 Å². The van der Waals surface area contributed by atoms with Crippen molar-refractivity contribution in [3.05, 3.63) is 39.9 Å². The Morgan fingerprint density at radius 2 is 1.93 bits per heavy atom. The average Bonchev–Trinajstić information content (AvgIpc) is 2.17. The Balaban J connectivity index is 0.00000169. The Morgan fingerprint density at radius 1 is 1.43 bits per heavy atom. The van der Waals surface area contributed by atoms with Gasteiger partial charge in [-0.3, -0.25) is 10.1 Å². The maximum absolute atomic E-state index is 10.3. The molecule has 0 fully saturated rings. The van der Waals surface area contributed by atoms with Crippen molar-refractivity contribution >= 4 is 18.1 Å². The van der Waals surface area contributed by atoms with Crippen molar-refractivity contribution in [1.82, 2.24) is 0 Å². The van der Waals surface area contributed by atoms with Gasteiger partial charge in [0.25, 0.3) is 5.69 Å². The molecule has 0 saturated carbocycles. The van der Waals surface area contributed by atoms with Gasteiger partial charge in [-0.05, 0) is 12.0 Å². The summed E-state index contributed by atoms with van der Waals surface area (Å²) in [7, 11) is 0. The number of nitro groups is 1. The number of nitro benzene ring substituents is 1. The molecule has 0 aromatic heterocycles. The van der Waals surface area contributed by atoms with Crippen LogP contribution in [0.4, 0.5) is 5.69 Å². The van der Waals surface area contributed by atoms with E-state index in [2.05, 4.69) is 0 Å². The van der Waals surface area contributed by atoms with Crippen LogP contribution in [0.2, 0.25) is 0 Å². The lowest BCUT2D eigenvalue weighted by Gasteiger charge is -2.07. The first-order chi connectivity index (χ1) is 6.15. The quantitative estimate of drug-likeness (QED) is 0.623. The monoisotopic (exact) mass is 216 g/mol. The highest BCUT2D eigenvalue weighted by molar-refractivity contribution is 5.85. The molecule has 0 unspecified atom stereocenters. The van der Waals surface area contributed by atoms with Crippen molar-refractivity contribution in [2.45, 2.75) is 19.4 Å². The number of hydrogen-bond acceptors (Lipinski definition) is 3. The molecule has 0 heterocycles. The Hall–Kier alpha value is -1.13. The average molecular weight is 217 g/mol. The van der Waals surface area contributed by atoms with Gasteiger partial charge in [0.05, 0.1) is 4.92 Å². The molecule has 2 N–H and O–H groups in total. The number of nitrogens with two attached hydrogens (primary N) is 1. The Bertz CT molecular complexity index is 300. The second kappa shape index (κ2) is 5.57. The third kappa shape index (κ3) is 2.97. The lowest BCUT2D eigenvalue weighted by Crippen LogP contribution is -2.08. The molecule has 78 valence electrons. The van der Waals surface area contributed by atoms with Crippen LogP contribution in [0.3, 0.4) is 0 Å². The zero-order chi connectivity index (χ0) is 9.84. The normalized spacial score (nSPS) is 11.6. The number of hydrogen-bond donors (Lipinski definition) is 1. The van der Waals surface area contributed by atoms with Crippen LogP contribution in [0.25, 0.3) is 0 Å². The van der Waals surface area contributed by atoms with Gasteiger partial charge in [-0.25, -0.2) is 0 Å². The minimum atomic E-state index is -0.415. The summed E-state index contributed by atoms with van der Waals surface area (Å²) < 4.78 is 0. The van der Waals surface area contributed by atoms with E-state index < -0.39 is 4.92 Å². The molecule has 0 radical (unpaired) electrons. The fourth-order valence-electron chi connectivity index (χ4n) is 1.08. The molecular weight excluding hydrogens is 204 g/mol. The topological polar surface area (TPSA) is 69.2 Å². The van der Waals surface area contributed by atoms with E-state index in [1.807, 2.05) is 6.92 Å². The number of rotatable bonds is 3. The van der Waals surface area contributed by atoms with E-state index in [1.165, 1.54) is 12.1 Å². The van der Waals surface area contributed by atoms with E-state index in [0.717, 1.165) is 12.0 Å². The predicted molar refractivity (Wildman–Crippen MR) is 57.6 cm³/mol.